The molecule has 1 nitrogen and oxygen atoms in total. The van der Waals surface area contributed by atoms with Crippen LogP contribution in [0, 0.1) is 5.82 Å². The zero-order valence-electron chi connectivity index (χ0n) is 9.44. The fourth-order valence-corrected chi connectivity index (χ4v) is 2.20. The largest absolute Gasteiger partial charge is 0.207 e. The van der Waals surface area contributed by atoms with Gasteiger partial charge >= 0.3 is 0 Å². The number of benzene rings is 2. The third-order valence-electron chi connectivity index (χ3n) is 3.13. The van der Waals surface area contributed by atoms with Gasteiger partial charge in [0.25, 0.3) is 0 Å². The van der Waals surface area contributed by atoms with Crippen molar-refractivity contribution < 1.29 is 8.97 Å². The third kappa shape index (κ3) is 1.98. The molecule has 0 saturated carbocycles. The summed E-state index contributed by atoms with van der Waals surface area (Å²) < 4.78 is 15.0. The van der Waals surface area contributed by atoms with Gasteiger partial charge in [-0.2, -0.15) is 4.58 Å². The Balaban J connectivity index is 2.01. The van der Waals surface area contributed by atoms with Gasteiger partial charge in [0.2, 0.25) is 5.69 Å². The van der Waals surface area contributed by atoms with Gasteiger partial charge in [0, 0.05) is 24.1 Å². The number of hydrogen-bond acceptors (Lipinski definition) is 0. The lowest BCUT2D eigenvalue weighted by Crippen LogP contribution is -2.18. The highest BCUT2D eigenvalue weighted by Gasteiger charge is 2.17. The van der Waals surface area contributed by atoms with Crippen LogP contribution in [0.4, 0.5) is 10.1 Å². The van der Waals surface area contributed by atoms with Crippen LogP contribution in [0.5, 0.6) is 0 Å². The van der Waals surface area contributed by atoms with Crippen LogP contribution in [-0.4, -0.2) is 17.3 Å². The zero-order valence-corrected chi connectivity index (χ0v) is 9.44. The zero-order chi connectivity index (χ0) is 11.7. The number of nitrogens with zero attached hydrogens (tertiary/aromatic N) is 1. The summed E-state index contributed by atoms with van der Waals surface area (Å²) in [6, 6.07) is 15.0. The van der Waals surface area contributed by atoms with Crippen molar-refractivity contribution >= 4 is 11.9 Å². The molecule has 0 saturated heterocycles. The van der Waals surface area contributed by atoms with Crippen molar-refractivity contribution in [1.29, 1.82) is 0 Å². The molecule has 0 N–H and O–H groups in total. The van der Waals surface area contributed by atoms with E-state index in [0.29, 0.717) is 0 Å². The topological polar surface area (TPSA) is 3.01 Å². The van der Waals surface area contributed by atoms with E-state index in [1.807, 2.05) is 18.2 Å². The third-order valence-corrected chi connectivity index (χ3v) is 3.13. The van der Waals surface area contributed by atoms with Gasteiger partial charge in [-0.05, 0) is 23.8 Å². The summed E-state index contributed by atoms with van der Waals surface area (Å²) in [6.07, 6.45) is 3.16. The molecule has 17 heavy (non-hydrogen) atoms. The molecule has 2 heteroatoms. The standard InChI is InChI=1S/C15H13FN/c16-14-5-7-15(8-6-14)17-10-9-12-3-1-2-4-13(12)11-17/h1-8,11H,9-10H2/q+1. The van der Waals surface area contributed by atoms with E-state index in [1.54, 1.807) is 0 Å². The van der Waals surface area contributed by atoms with E-state index in [2.05, 4.69) is 29.0 Å². The Morgan fingerprint density at radius 3 is 2.53 bits per heavy atom. The normalized spacial score (nSPS) is 14.1. The van der Waals surface area contributed by atoms with E-state index in [1.165, 1.54) is 23.3 Å². The fourth-order valence-electron chi connectivity index (χ4n) is 2.20. The summed E-state index contributed by atoms with van der Waals surface area (Å²) in [7, 11) is 0. The van der Waals surface area contributed by atoms with Crippen LogP contribution in [0.3, 0.4) is 0 Å². The van der Waals surface area contributed by atoms with Crippen molar-refractivity contribution in [3.63, 3.8) is 0 Å². The molecular formula is C15H13FN+. The molecule has 1 heterocycles. The van der Waals surface area contributed by atoms with E-state index in [0.717, 1.165) is 18.7 Å². The summed E-state index contributed by atoms with van der Waals surface area (Å²) in [5.74, 6) is -0.189. The number of fused-ring (bicyclic) bond motifs is 1. The second-order valence-electron chi connectivity index (χ2n) is 4.25. The van der Waals surface area contributed by atoms with Crippen LogP contribution in [0.1, 0.15) is 11.1 Å². The molecule has 0 fully saturated rings. The smallest absolute Gasteiger partial charge is 0.205 e. The Kier molecular flexibility index (Phi) is 2.48. The monoisotopic (exact) mass is 226 g/mol. The first-order valence-electron chi connectivity index (χ1n) is 5.78. The van der Waals surface area contributed by atoms with Gasteiger partial charge in [0.05, 0.1) is 0 Å². The highest BCUT2D eigenvalue weighted by molar-refractivity contribution is 5.79. The SMILES string of the molecule is Fc1ccc([N+]2=Cc3ccccc3CC2)cc1. The minimum atomic E-state index is -0.189. The first-order chi connectivity index (χ1) is 8.33. The van der Waals surface area contributed by atoms with E-state index in [9.17, 15) is 4.39 Å². The van der Waals surface area contributed by atoms with Crippen LogP contribution < -0.4 is 0 Å². The van der Waals surface area contributed by atoms with Gasteiger partial charge < -0.3 is 0 Å². The molecule has 0 atom stereocenters. The average molecular weight is 226 g/mol. The molecule has 3 rings (SSSR count). The van der Waals surface area contributed by atoms with Crippen LogP contribution in [-0.2, 0) is 6.42 Å². The first-order valence-corrected chi connectivity index (χ1v) is 5.78. The summed E-state index contributed by atoms with van der Waals surface area (Å²) >= 11 is 0. The summed E-state index contributed by atoms with van der Waals surface area (Å²) in [4.78, 5) is 0. The van der Waals surface area contributed by atoms with Crippen LogP contribution in [0.15, 0.2) is 48.5 Å². The van der Waals surface area contributed by atoms with E-state index < -0.39 is 0 Å². The number of rotatable bonds is 1. The molecule has 1 aliphatic heterocycles. The van der Waals surface area contributed by atoms with Gasteiger partial charge in [-0.1, -0.05) is 18.2 Å². The molecule has 0 bridgehead atoms. The number of halogens is 1. The Bertz CT molecular complexity index is 570. The lowest BCUT2D eigenvalue weighted by Gasteiger charge is -2.11. The second kappa shape index (κ2) is 4.13. The average Bonchev–Trinajstić information content (AvgIpc) is 2.39. The molecule has 0 aromatic heterocycles. The van der Waals surface area contributed by atoms with E-state index >= 15 is 0 Å². The minimum absolute atomic E-state index is 0.189. The molecule has 0 aliphatic carbocycles. The Hall–Kier alpha value is -1.96. The fraction of sp³-hybridized carbons (Fsp3) is 0.133. The summed E-state index contributed by atoms with van der Waals surface area (Å²) in [5.41, 5.74) is 3.68. The Morgan fingerprint density at radius 2 is 1.71 bits per heavy atom. The van der Waals surface area contributed by atoms with Crippen LogP contribution >= 0.6 is 0 Å². The highest BCUT2D eigenvalue weighted by atomic mass is 19.1. The maximum absolute atomic E-state index is 12.9. The first kappa shape index (κ1) is 10.2. The highest BCUT2D eigenvalue weighted by Crippen LogP contribution is 2.18. The molecule has 0 amide bonds. The van der Waals surface area contributed by atoms with Crippen LogP contribution in [0.2, 0.25) is 0 Å². The molecule has 0 radical (unpaired) electrons. The van der Waals surface area contributed by atoms with Crippen molar-refractivity contribution in [1.82, 2.24) is 0 Å². The minimum Gasteiger partial charge on any atom is -0.207 e. The lowest BCUT2D eigenvalue weighted by atomic mass is 10.0. The van der Waals surface area contributed by atoms with Crippen molar-refractivity contribution in [3.8, 4) is 0 Å². The summed E-state index contributed by atoms with van der Waals surface area (Å²) in [6.45, 7) is 0.947. The van der Waals surface area contributed by atoms with Crippen molar-refractivity contribution in [3.05, 3.63) is 65.5 Å². The van der Waals surface area contributed by atoms with Gasteiger partial charge in [0.1, 0.15) is 5.82 Å². The Morgan fingerprint density at radius 1 is 0.941 bits per heavy atom. The van der Waals surface area contributed by atoms with Crippen molar-refractivity contribution in [2.75, 3.05) is 6.54 Å². The molecule has 2 aromatic carbocycles. The van der Waals surface area contributed by atoms with Crippen molar-refractivity contribution in [2.45, 2.75) is 6.42 Å². The molecule has 84 valence electrons. The van der Waals surface area contributed by atoms with E-state index in [4.69, 9.17) is 0 Å². The molecule has 1 aliphatic rings. The number of hydrogen-bond donors (Lipinski definition) is 0. The maximum atomic E-state index is 12.9. The van der Waals surface area contributed by atoms with Gasteiger partial charge in [0.15, 0.2) is 12.8 Å². The predicted octanol–water partition coefficient (Wildman–Crippen LogP) is 3.14. The van der Waals surface area contributed by atoms with E-state index in [-0.39, 0.29) is 5.82 Å². The van der Waals surface area contributed by atoms with Gasteiger partial charge in [-0.3, -0.25) is 0 Å². The quantitative estimate of drug-likeness (QED) is 0.657. The molecule has 2 aromatic rings. The Labute approximate surface area is 99.8 Å². The second-order valence-corrected chi connectivity index (χ2v) is 4.25. The maximum Gasteiger partial charge on any atom is 0.205 e. The van der Waals surface area contributed by atoms with Crippen LogP contribution in [0.25, 0.3) is 0 Å². The molecule has 0 spiro atoms. The molecular weight excluding hydrogens is 213 g/mol. The van der Waals surface area contributed by atoms with Crippen molar-refractivity contribution in [2.24, 2.45) is 0 Å². The van der Waals surface area contributed by atoms with Gasteiger partial charge in [-0.25, -0.2) is 4.39 Å². The van der Waals surface area contributed by atoms with Gasteiger partial charge in [-0.15, -0.1) is 0 Å². The summed E-state index contributed by atoms with van der Waals surface area (Å²) in [5, 5.41) is 0. The molecule has 0 unspecified atom stereocenters. The predicted molar refractivity (Wildman–Crippen MR) is 66.5 cm³/mol. The lowest BCUT2D eigenvalue weighted by molar-refractivity contribution is -0.436.